The Labute approximate surface area is 156 Å². The zero-order valence-electron chi connectivity index (χ0n) is 15.7. The summed E-state index contributed by atoms with van der Waals surface area (Å²) in [6, 6.07) is 9.65. The van der Waals surface area contributed by atoms with E-state index in [4.69, 9.17) is 0 Å². The number of carbonyl (C=O) groups excluding carboxylic acids is 2. The fourth-order valence-corrected chi connectivity index (χ4v) is 5.99. The van der Waals surface area contributed by atoms with Crippen molar-refractivity contribution in [2.24, 2.45) is 17.8 Å². The van der Waals surface area contributed by atoms with Crippen LogP contribution in [0, 0.1) is 17.8 Å². The number of benzene rings is 1. The van der Waals surface area contributed by atoms with E-state index in [0.717, 1.165) is 23.4 Å². The maximum absolute atomic E-state index is 12.5. The minimum Gasteiger partial charge on any atom is -0.351 e. The molecule has 0 aromatic heterocycles. The fourth-order valence-electron chi connectivity index (χ4n) is 5.99. The molecule has 0 unspecified atom stereocenters. The van der Waals surface area contributed by atoms with Crippen molar-refractivity contribution in [1.29, 1.82) is 0 Å². The first-order valence-corrected chi connectivity index (χ1v) is 10.2. The average Bonchev–Trinajstić information content (AvgIpc) is 2.60. The lowest BCUT2D eigenvalue weighted by Gasteiger charge is -2.56. The first-order chi connectivity index (χ1) is 12.5. The van der Waals surface area contributed by atoms with Crippen LogP contribution >= 0.6 is 0 Å². The van der Waals surface area contributed by atoms with Crippen LogP contribution in [-0.4, -0.2) is 24.4 Å². The second kappa shape index (κ2) is 7.05. The molecule has 0 aliphatic heterocycles. The Morgan fingerprint density at radius 1 is 1.00 bits per heavy atom. The van der Waals surface area contributed by atoms with Crippen LogP contribution < -0.4 is 10.2 Å². The summed E-state index contributed by atoms with van der Waals surface area (Å²) in [5.41, 5.74) is 0.979. The molecule has 140 valence electrons. The maximum Gasteiger partial charge on any atom is 0.226 e. The van der Waals surface area contributed by atoms with Gasteiger partial charge in [-0.25, -0.2) is 0 Å². The second-order valence-corrected chi connectivity index (χ2v) is 8.89. The first kappa shape index (κ1) is 17.6. The highest BCUT2D eigenvalue weighted by atomic mass is 16.2. The van der Waals surface area contributed by atoms with Gasteiger partial charge in [0.15, 0.2) is 0 Å². The quantitative estimate of drug-likeness (QED) is 0.842. The van der Waals surface area contributed by atoms with Gasteiger partial charge in [-0.1, -0.05) is 18.2 Å². The van der Waals surface area contributed by atoms with Crippen molar-refractivity contribution in [3.63, 3.8) is 0 Å². The van der Waals surface area contributed by atoms with Crippen LogP contribution in [0.2, 0.25) is 0 Å². The molecule has 4 saturated carbocycles. The van der Waals surface area contributed by atoms with Crippen LogP contribution in [0.4, 0.5) is 5.69 Å². The SMILES string of the molecule is CN(C(=O)CCCC(=O)NC12CC3CC(CC(C3)C1)C2)c1ccccc1. The lowest BCUT2D eigenvalue weighted by molar-refractivity contribution is -0.127. The summed E-state index contributed by atoms with van der Waals surface area (Å²) in [7, 11) is 1.80. The van der Waals surface area contributed by atoms with Crippen molar-refractivity contribution in [2.75, 3.05) is 11.9 Å². The number of nitrogens with zero attached hydrogens (tertiary/aromatic N) is 1. The lowest BCUT2D eigenvalue weighted by Crippen LogP contribution is -2.59. The van der Waals surface area contributed by atoms with E-state index < -0.39 is 0 Å². The molecule has 4 aliphatic rings. The molecule has 4 bridgehead atoms. The molecule has 0 spiro atoms. The number of nitrogens with one attached hydrogen (secondary N) is 1. The van der Waals surface area contributed by atoms with Gasteiger partial charge >= 0.3 is 0 Å². The highest BCUT2D eigenvalue weighted by molar-refractivity contribution is 5.93. The molecule has 0 radical (unpaired) electrons. The van der Waals surface area contributed by atoms with Crippen molar-refractivity contribution in [1.82, 2.24) is 5.32 Å². The standard InChI is InChI=1S/C22H30N2O2/c1-24(19-6-3-2-4-7-19)21(26)9-5-8-20(25)23-22-13-16-10-17(14-22)12-18(11-16)15-22/h2-4,6-7,16-18H,5,8-15H2,1H3,(H,23,25). The van der Waals surface area contributed by atoms with Gasteiger partial charge in [0.1, 0.15) is 0 Å². The number of para-hydroxylation sites is 1. The van der Waals surface area contributed by atoms with E-state index in [0.29, 0.717) is 19.3 Å². The molecule has 4 nitrogen and oxygen atoms in total. The molecule has 5 rings (SSSR count). The third kappa shape index (κ3) is 3.65. The predicted octanol–water partition coefficient (Wildman–Crippen LogP) is 3.90. The molecular weight excluding hydrogens is 324 g/mol. The first-order valence-electron chi connectivity index (χ1n) is 10.2. The number of rotatable bonds is 6. The molecule has 0 atom stereocenters. The van der Waals surface area contributed by atoms with Crippen LogP contribution in [0.15, 0.2) is 30.3 Å². The molecule has 0 heterocycles. The Hall–Kier alpha value is -1.84. The topological polar surface area (TPSA) is 49.4 Å². The Balaban J connectivity index is 1.24. The number of hydrogen-bond donors (Lipinski definition) is 1. The monoisotopic (exact) mass is 354 g/mol. The normalized spacial score (nSPS) is 31.7. The lowest BCUT2D eigenvalue weighted by atomic mass is 9.53. The molecule has 4 aliphatic carbocycles. The van der Waals surface area contributed by atoms with Crippen LogP contribution in [0.5, 0.6) is 0 Å². The fraction of sp³-hybridized carbons (Fsp3) is 0.636. The summed E-state index contributed by atoms with van der Waals surface area (Å²) in [5.74, 6) is 2.72. The van der Waals surface area contributed by atoms with Gasteiger partial charge < -0.3 is 10.2 Å². The van der Waals surface area contributed by atoms with Crippen molar-refractivity contribution >= 4 is 17.5 Å². The van der Waals surface area contributed by atoms with E-state index in [-0.39, 0.29) is 17.4 Å². The van der Waals surface area contributed by atoms with Gasteiger partial charge in [0.05, 0.1) is 0 Å². The summed E-state index contributed by atoms with van der Waals surface area (Å²) < 4.78 is 0. The molecule has 0 saturated heterocycles. The summed E-state index contributed by atoms with van der Waals surface area (Å²) >= 11 is 0. The number of anilines is 1. The number of amides is 2. The highest BCUT2D eigenvalue weighted by Crippen LogP contribution is 2.55. The predicted molar refractivity (Wildman–Crippen MR) is 103 cm³/mol. The van der Waals surface area contributed by atoms with Gasteiger partial charge in [0, 0.05) is 31.1 Å². The average molecular weight is 354 g/mol. The van der Waals surface area contributed by atoms with Crippen LogP contribution in [0.25, 0.3) is 0 Å². The summed E-state index contributed by atoms with van der Waals surface area (Å²) in [4.78, 5) is 26.5. The van der Waals surface area contributed by atoms with E-state index in [1.165, 1.54) is 38.5 Å². The zero-order chi connectivity index (χ0) is 18.1. The maximum atomic E-state index is 12.5. The minimum atomic E-state index is 0.0683. The highest BCUT2D eigenvalue weighted by Gasteiger charge is 2.51. The van der Waals surface area contributed by atoms with Gasteiger partial charge in [-0.3, -0.25) is 9.59 Å². The van der Waals surface area contributed by atoms with Gasteiger partial charge in [-0.15, -0.1) is 0 Å². The Morgan fingerprint density at radius 2 is 1.58 bits per heavy atom. The van der Waals surface area contributed by atoms with E-state index in [9.17, 15) is 9.59 Å². The number of carbonyl (C=O) groups is 2. The largest absolute Gasteiger partial charge is 0.351 e. The van der Waals surface area contributed by atoms with Crippen molar-refractivity contribution in [3.8, 4) is 0 Å². The van der Waals surface area contributed by atoms with Crippen molar-refractivity contribution in [2.45, 2.75) is 63.3 Å². The molecule has 2 amide bonds. The molecule has 1 N–H and O–H groups in total. The van der Waals surface area contributed by atoms with E-state index in [1.54, 1.807) is 11.9 Å². The van der Waals surface area contributed by atoms with Gasteiger partial charge in [0.2, 0.25) is 11.8 Å². The second-order valence-electron chi connectivity index (χ2n) is 8.89. The molecule has 4 heteroatoms. The zero-order valence-corrected chi connectivity index (χ0v) is 15.7. The van der Waals surface area contributed by atoms with Crippen molar-refractivity contribution in [3.05, 3.63) is 30.3 Å². The van der Waals surface area contributed by atoms with Gasteiger partial charge in [-0.2, -0.15) is 0 Å². The summed E-state index contributed by atoms with van der Waals surface area (Å²) in [5, 5.41) is 3.40. The van der Waals surface area contributed by atoms with E-state index >= 15 is 0 Å². The molecule has 1 aromatic rings. The summed E-state index contributed by atoms with van der Waals surface area (Å²) in [6.45, 7) is 0. The Morgan fingerprint density at radius 3 is 2.15 bits per heavy atom. The van der Waals surface area contributed by atoms with Crippen LogP contribution in [0.3, 0.4) is 0 Å². The molecular formula is C22H30N2O2. The van der Waals surface area contributed by atoms with Crippen LogP contribution in [-0.2, 0) is 9.59 Å². The third-order valence-electron chi connectivity index (χ3n) is 6.75. The number of hydrogen-bond acceptors (Lipinski definition) is 2. The molecule has 26 heavy (non-hydrogen) atoms. The minimum absolute atomic E-state index is 0.0683. The third-order valence-corrected chi connectivity index (χ3v) is 6.75. The molecule has 4 fully saturated rings. The summed E-state index contributed by atoms with van der Waals surface area (Å²) in [6.07, 6.45) is 9.19. The van der Waals surface area contributed by atoms with Gasteiger partial charge in [-0.05, 0) is 74.8 Å². The van der Waals surface area contributed by atoms with E-state index in [1.807, 2.05) is 30.3 Å². The van der Waals surface area contributed by atoms with Gasteiger partial charge in [0.25, 0.3) is 0 Å². The van der Waals surface area contributed by atoms with Crippen LogP contribution in [0.1, 0.15) is 57.8 Å². The Bertz CT molecular complexity index is 635. The molecule has 1 aromatic carbocycles. The van der Waals surface area contributed by atoms with Crippen molar-refractivity contribution < 1.29 is 9.59 Å². The Kier molecular flexibility index (Phi) is 4.76. The smallest absolute Gasteiger partial charge is 0.226 e. The van der Waals surface area contributed by atoms with E-state index in [2.05, 4.69) is 5.32 Å².